The monoisotopic (exact) mass is 253 g/mol. The van der Waals surface area contributed by atoms with E-state index >= 15 is 0 Å². The number of rotatable bonds is 1. The zero-order valence-corrected chi connectivity index (χ0v) is 9.99. The highest BCUT2D eigenvalue weighted by molar-refractivity contribution is 7.13. The molecule has 0 bridgehead atoms. The Labute approximate surface area is 106 Å². The van der Waals surface area contributed by atoms with Crippen LogP contribution in [0.1, 0.15) is 5.56 Å². The van der Waals surface area contributed by atoms with Crippen molar-refractivity contribution in [2.24, 2.45) is 0 Å². The lowest BCUT2D eigenvalue weighted by Crippen LogP contribution is -2.10. The second-order valence-corrected chi connectivity index (χ2v) is 4.68. The molecule has 0 aliphatic carbocycles. The molecule has 0 aliphatic heterocycles. The standard InChI is InChI=1S/C13H7N3OS/c14-7-8-3-4-9-10(6-8)15-12(13(17)16-9)11-2-1-5-18-11/h1-6H,(H,16,17). The molecule has 5 heteroatoms. The molecule has 0 fully saturated rings. The molecule has 1 aromatic carbocycles. The minimum Gasteiger partial charge on any atom is -0.319 e. The van der Waals surface area contributed by atoms with Crippen LogP contribution in [-0.2, 0) is 0 Å². The van der Waals surface area contributed by atoms with Gasteiger partial charge in [-0.3, -0.25) is 4.79 Å². The van der Waals surface area contributed by atoms with E-state index in [2.05, 4.69) is 16.0 Å². The van der Waals surface area contributed by atoms with Crippen LogP contribution in [0.15, 0.2) is 40.5 Å². The highest BCUT2D eigenvalue weighted by Gasteiger charge is 2.08. The fourth-order valence-corrected chi connectivity index (χ4v) is 2.44. The van der Waals surface area contributed by atoms with Crippen molar-refractivity contribution in [2.75, 3.05) is 0 Å². The van der Waals surface area contributed by atoms with Crippen molar-refractivity contribution in [3.05, 3.63) is 51.6 Å². The van der Waals surface area contributed by atoms with E-state index in [1.807, 2.05) is 17.5 Å². The minimum absolute atomic E-state index is 0.213. The Morgan fingerprint density at radius 1 is 1.33 bits per heavy atom. The smallest absolute Gasteiger partial charge is 0.275 e. The van der Waals surface area contributed by atoms with Gasteiger partial charge in [0.1, 0.15) is 5.69 Å². The van der Waals surface area contributed by atoms with E-state index in [4.69, 9.17) is 5.26 Å². The Hall–Kier alpha value is -2.45. The summed E-state index contributed by atoms with van der Waals surface area (Å²) in [6, 6.07) is 10.8. The van der Waals surface area contributed by atoms with Crippen LogP contribution in [0.4, 0.5) is 0 Å². The van der Waals surface area contributed by atoms with Crippen LogP contribution in [0.2, 0.25) is 0 Å². The molecular weight excluding hydrogens is 246 g/mol. The molecule has 2 heterocycles. The molecule has 2 aromatic heterocycles. The third-order valence-corrected chi connectivity index (χ3v) is 3.45. The number of nitrogens with one attached hydrogen (secondary N) is 1. The van der Waals surface area contributed by atoms with Crippen LogP contribution in [0.5, 0.6) is 0 Å². The van der Waals surface area contributed by atoms with Gasteiger partial charge in [-0.2, -0.15) is 5.26 Å². The molecule has 86 valence electrons. The third kappa shape index (κ3) is 1.69. The fraction of sp³-hybridized carbons (Fsp3) is 0. The van der Waals surface area contributed by atoms with Crippen LogP contribution < -0.4 is 5.56 Å². The van der Waals surface area contributed by atoms with Crippen molar-refractivity contribution >= 4 is 22.4 Å². The molecule has 18 heavy (non-hydrogen) atoms. The number of fused-ring (bicyclic) bond motifs is 1. The average molecular weight is 253 g/mol. The second kappa shape index (κ2) is 4.09. The van der Waals surface area contributed by atoms with E-state index < -0.39 is 0 Å². The molecule has 4 nitrogen and oxygen atoms in total. The first kappa shape index (κ1) is 10.7. The number of H-pyrrole nitrogens is 1. The van der Waals surface area contributed by atoms with Crippen molar-refractivity contribution in [2.45, 2.75) is 0 Å². The Bertz CT molecular complexity index is 812. The van der Waals surface area contributed by atoms with E-state index in [0.29, 0.717) is 22.3 Å². The molecule has 0 amide bonds. The van der Waals surface area contributed by atoms with Gasteiger partial charge in [0.25, 0.3) is 5.56 Å². The first-order valence-electron chi connectivity index (χ1n) is 5.26. The summed E-state index contributed by atoms with van der Waals surface area (Å²) in [7, 11) is 0. The maximum Gasteiger partial charge on any atom is 0.275 e. The zero-order chi connectivity index (χ0) is 12.5. The highest BCUT2D eigenvalue weighted by Crippen LogP contribution is 2.21. The molecule has 0 atom stereocenters. The summed E-state index contributed by atoms with van der Waals surface area (Å²) in [5.74, 6) is 0. The summed E-state index contributed by atoms with van der Waals surface area (Å²) in [6.07, 6.45) is 0. The zero-order valence-electron chi connectivity index (χ0n) is 9.18. The molecule has 1 N–H and O–H groups in total. The van der Waals surface area contributed by atoms with Gasteiger partial charge in [0.05, 0.1) is 27.5 Å². The summed E-state index contributed by atoms with van der Waals surface area (Å²) >= 11 is 1.46. The molecule has 3 aromatic rings. The summed E-state index contributed by atoms with van der Waals surface area (Å²) in [5.41, 5.74) is 1.97. The SMILES string of the molecule is N#Cc1ccc2[nH]c(=O)c(-c3cccs3)nc2c1. The molecule has 3 rings (SSSR count). The molecule has 0 radical (unpaired) electrons. The van der Waals surface area contributed by atoms with Gasteiger partial charge in [0.2, 0.25) is 0 Å². The largest absolute Gasteiger partial charge is 0.319 e. The Morgan fingerprint density at radius 3 is 2.94 bits per heavy atom. The summed E-state index contributed by atoms with van der Waals surface area (Å²) in [4.78, 5) is 19.8. The summed E-state index contributed by atoms with van der Waals surface area (Å²) < 4.78 is 0. The average Bonchev–Trinajstić information content (AvgIpc) is 2.91. The topological polar surface area (TPSA) is 69.5 Å². The first-order chi connectivity index (χ1) is 8.78. The van der Waals surface area contributed by atoms with Gasteiger partial charge in [0, 0.05) is 0 Å². The van der Waals surface area contributed by atoms with Gasteiger partial charge in [-0.15, -0.1) is 11.3 Å². The predicted octanol–water partition coefficient (Wildman–Crippen LogP) is 2.52. The van der Waals surface area contributed by atoms with Gasteiger partial charge in [-0.25, -0.2) is 4.98 Å². The van der Waals surface area contributed by atoms with Gasteiger partial charge in [-0.1, -0.05) is 6.07 Å². The van der Waals surface area contributed by atoms with Crippen LogP contribution in [0.25, 0.3) is 21.6 Å². The van der Waals surface area contributed by atoms with Crippen LogP contribution in [0.3, 0.4) is 0 Å². The van der Waals surface area contributed by atoms with E-state index in [-0.39, 0.29) is 5.56 Å². The van der Waals surface area contributed by atoms with Gasteiger partial charge in [0.15, 0.2) is 0 Å². The number of hydrogen-bond acceptors (Lipinski definition) is 4. The van der Waals surface area contributed by atoms with Crippen LogP contribution in [-0.4, -0.2) is 9.97 Å². The number of benzene rings is 1. The van der Waals surface area contributed by atoms with E-state index in [1.165, 1.54) is 11.3 Å². The van der Waals surface area contributed by atoms with E-state index in [1.54, 1.807) is 18.2 Å². The summed E-state index contributed by atoms with van der Waals surface area (Å²) in [6.45, 7) is 0. The fourth-order valence-electron chi connectivity index (χ4n) is 1.73. The highest BCUT2D eigenvalue weighted by atomic mass is 32.1. The lowest BCUT2D eigenvalue weighted by molar-refractivity contribution is 1.23. The van der Waals surface area contributed by atoms with Gasteiger partial charge in [-0.05, 0) is 29.6 Å². The number of aromatic nitrogens is 2. The lowest BCUT2D eigenvalue weighted by atomic mass is 10.2. The number of hydrogen-bond donors (Lipinski definition) is 1. The van der Waals surface area contributed by atoms with E-state index in [0.717, 1.165) is 4.88 Å². The lowest BCUT2D eigenvalue weighted by Gasteiger charge is -2.00. The quantitative estimate of drug-likeness (QED) is 0.724. The van der Waals surface area contributed by atoms with Crippen molar-refractivity contribution < 1.29 is 0 Å². The van der Waals surface area contributed by atoms with E-state index in [9.17, 15) is 4.79 Å². The van der Waals surface area contributed by atoms with Crippen molar-refractivity contribution in [3.63, 3.8) is 0 Å². The predicted molar refractivity (Wildman–Crippen MR) is 70.4 cm³/mol. The number of aromatic amines is 1. The normalized spacial score (nSPS) is 10.4. The summed E-state index contributed by atoms with van der Waals surface area (Å²) in [5, 5.41) is 10.8. The molecule has 0 saturated heterocycles. The van der Waals surface area contributed by atoms with Crippen LogP contribution in [0, 0.1) is 11.3 Å². The van der Waals surface area contributed by atoms with Crippen molar-refractivity contribution in [1.29, 1.82) is 5.26 Å². The number of nitrogens with zero attached hydrogens (tertiary/aromatic N) is 2. The van der Waals surface area contributed by atoms with Crippen molar-refractivity contribution in [1.82, 2.24) is 9.97 Å². The second-order valence-electron chi connectivity index (χ2n) is 3.74. The molecule has 0 aliphatic rings. The Morgan fingerprint density at radius 2 is 2.22 bits per heavy atom. The first-order valence-corrected chi connectivity index (χ1v) is 6.14. The Balaban J connectivity index is 2.32. The molecule has 0 unspecified atom stereocenters. The van der Waals surface area contributed by atoms with Gasteiger partial charge < -0.3 is 4.98 Å². The van der Waals surface area contributed by atoms with Gasteiger partial charge >= 0.3 is 0 Å². The molecule has 0 saturated carbocycles. The minimum atomic E-state index is -0.213. The third-order valence-electron chi connectivity index (χ3n) is 2.58. The molecular formula is C13H7N3OS. The molecule has 0 spiro atoms. The number of nitriles is 1. The Kier molecular flexibility index (Phi) is 2.43. The maximum atomic E-state index is 11.9. The number of thiophene rings is 1. The maximum absolute atomic E-state index is 11.9. The van der Waals surface area contributed by atoms with Crippen LogP contribution >= 0.6 is 11.3 Å². The van der Waals surface area contributed by atoms with Crippen molar-refractivity contribution in [3.8, 4) is 16.6 Å².